The Kier molecular flexibility index (Phi) is 8.00. The molecule has 0 radical (unpaired) electrons. The second-order valence-corrected chi connectivity index (χ2v) is 10.7. The van der Waals surface area contributed by atoms with Crippen LogP contribution in [0.2, 0.25) is 5.02 Å². The number of carbonyl (C=O) groups excluding carboxylic acids is 2. The molecule has 0 unspecified atom stereocenters. The Morgan fingerprint density at radius 1 is 1.24 bits per heavy atom. The number of likely N-dealkylation sites (tertiary alicyclic amines) is 1. The smallest absolute Gasteiger partial charge is 0.255 e. The van der Waals surface area contributed by atoms with E-state index in [1.807, 2.05) is 48.0 Å². The molecule has 0 aliphatic carbocycles. The number of halogens is 1. The van der Waals surface area contributed by atoms with Crippen molar-refractivity contribution in [3.05, 3.63) is 72.8 Å². The first kappa shape index (κ1) is 24.8. The van der Waals surface area contributed by atoms with Gasteiger partial charge in [-0.3, -0.25) is 9.59 Å². The summed E-state index contributed by atoms with van der Waals surface area (Å²) in [6.45, 7) is 2.54. The molecule has 1 aliphatic rings. The minimum atomic E-state index is -1.85. The molecule has 34 heavy (non-hydrogen) atoms. The van der Waals surface area contributed by atoms with Crippen molar-refractivity contribution in [3.63, 3.8) is 0 Å². The van der Waals surface area contributed by atoms with Gasteiger partial charge in [0.2, 0.25) is 0 Å². The topological polar surface area (TPSA) is 103 Å². The molecule has 3 atom stereocenters. The highest BCUT2D eigenvalue weighted by Crippen LogP contribution is 2.33. The number of rotatable bonds is 8. The summed E-state index contributed by atoms with van der Waals surface area (Å²) in [5, 5.41) is 28.9. The molecule has 7 nitrogen and oxygen atoms in total. The van der Waals surface area contributed by atoms with Crippen LogP contribution in [0.4, 0.5) is 0 Å². The van der Waals surface area contributed by atoms with Crippen LogP contribution in [0.25, 0.3) is 0 Å². The van der Waals surface area contributed by atoms with Gasteiger partial charge in [-0.1, -0.05) is 29.8 Å². The zero-order chi connectivity index (χ0) is 24.2. The quantitative estimate of drug-likeness (QED) is 0.423. The van der Waals surface area contributed by atoms with Gasteiger partial charge in [0.05, 0.1) is 23.3 Å². The van der Waals surface area contributed by atoms with Crippen LogP contribution < -0.4 is 5.32 Å². The highest BCUT2D eigenvalue weighted by atomic mass is 35.5. The fourth-order valence-electron chi connectivity index (χ4n) is 4.07. The van der Waals surface area contributed by atoms with E-state index in [1.54, 1.807) is 0 Å². The molecule has 1 fully saturated rings. The van der Waals surface area contributed by atoms with E-state index >= 15 is 0 Å². The number of aromatic nitrogens is 1. The third kappa shape index (κ3) is 5.67. The van der Waals surface area contributed by atoms with Crippen molar-refractivity contribution in [1.82, 2.24) is 15.2 Å². The SMILES string of the molecule is Cc1nc([C@H]2CCCN2C(=O)[C@H](O)[C@@H](O)C(=O)NCc2cc(Cc3ccccc3Cl)cs2)cs1. The van der Waals surface area contributed by atoms with E-state index in [2.05, 4.69) is 10.3 Å². The van der Waals surface area contributed by atoms with Crippen LogP contribution in [0.3, 0.4) is 0 Å². The van der Waals surface area contributed by atoms with Crippen molar-refractivity contribution in [3.8, 4) is 0 Å². The number of thiazole rings is 1. The first-order chi connectivity index (χ1) is 16.3. The van der Waals surface area contributed by atoms with E-state index in [0.29, 0.717) is 18.0 Å². The van der Waals surface area contributed by atoms with Crippen LogP contribution >= 0.6 is 34.3 Å². The molecule has 1 aromatic carbocycles. The van der Waals surface area contributed by atoms with Crippen LogP contribution in [0.15, 0.2) is 41.1 Å². The maximum absolute atomic E-state index is 12.9. The highest BCUT2D eigenvalue weighted by molar-refractivity contribution is 7.10. The Hall–Kier alpha value is -2.30. The van der Waals surface area contributed by atoms with Gasteiger partial charge in [0.15, 0.2) is 12.2 Å². The van der Waals surface area contributed by atoms with E-state index in [9.17, 15) is 19.8 Å². The lowest BCUT2D eigenvalue weighted by atomic mass is 10.1. The van der Waals surface area contributed by atoms with E-state index in [4.69, 9.17) is 11.6 Å². The average Bonchev–Trinajstić information content (AvgIpc) is 3.58. The third-order valence-corrected chi connectivity index (χ3v) is 7.98. The summed E-state index contributed by atoms with van der Waals surface area (Å²) in [5.74, 6) is -1.45. The Bertz CT molecular complexity index is 1160. The molecule has 3 heterocycles. The van der Waals surface area contributed by atoms with E-state index in [0.717, 1.165) is 39.5 Å². The molecule has 1 saturated heterocycles. The number of aryl methyl sites for hydroxylation is 1. The lowest BCUT2D eigenvalue weighted by molar-refractivity contribution is -0.153. The maximum atomic E-state index is 12.9. The fourth-order valence-corrected chi connectivity index (χ4v) is 5.76. The predicted molar refractivity (Wildman–Crippen MR) is 133 cm³/mol. The van der Waals surface area contributed by atoms with Gasteiger partial charge in [-0.25, -0.2) is 4.98 Å². The standard InChI is InChI=1S/C24H26ClN3O4S2/c1-14-27-19(13-33-14)20-7-4-8-28(20)24(32)22(30)21(29)23(31)26-11-17-10-15(12-34-17)9-16-5-2-3-6-18(16)25/h2-3,5-6,10,12-13,20-22,29-30H,4,7-9,11H2,1H3,(H,26,31)/t20-,21-,22-/m1/s1. The second kappa shape index (κ2) is 11.0. The van der Waals surface area contributed by atoms with Gasteiger partial charge in [0.25, 0.3) is 11.8 Å². The van der Waals surface area contributed by atoms with Crippen LogP contribution in [0.5, 0.6) is 0 Å². The molecule has 180 valence electrons. The first-order valence-corrected chi connectivity index (χ1v) is 13.1. The molecule has 0 spiro atoms. The van der Waals surface area contributed by atoms with Gasteiger partial charge in [0, 0.05) is 21.8 Å². The number of aliphatic hydroxyl groups is 2. The number of amides is 2. The van der Waals surface area contributed by atoms with Gasteiger partial charge in [0.1, 0.15) is 0 Å². The van der Waals surface area contributed by atoms with Crippen LogP contribution in [0.1, 0.15) is 45.6 Å². The average molecular weight is 520 g/mol. The summed E-state index contributed by atoms with van der Waals surface area (Å²) in [5.41, 5.74) is 2.86. The molecule has 0 saturated carbocycles. The Morgan fingerprint density at radius 2 is 2.03 bits per heavy atom. The van der Waals surface area contributed by atoms with E-state index in [1.165, 1.54) is 27.6 Å². The van der Waals surface area contributed by atoms with Crippen molar-refractivity contribution in [2.24, 2.45) is 0 Å². The van der Waals surface area contributed by atoms with Gasteiger partial charge in [-0.05, 0) is 54.8 Å². The minimum Gasteiger partial charge on any atom is -0.380 e. The number of carbonyl (C=O) groups is 2. The summed E-state index contributed by atoms with van der Waals surface area (Å²) in [6, 6.07) is 9.36. The van der Waals surface area contributed by atoms with Crippen molar-refractivity contribution in [2.75, 3.05) is 6.54 Å². The normalized spacial score (nSPS) is 17.5. The summed E-state index contributed by atoms with van der Waals surface area (Å²) in [6.07, 6.45) is -1.50. The van der Waals surface area contributed by atoms with Crippen LogP contribution in [-0.4, -0.2) is 50.7 Å². The Labute approximate surface area is 211 Å². The molecule has 2 aromatic heterocycles. The Morgan fingerprint density at radius 3 is 2.76 bits per heavy atom. The number of hydrogen-bond donors (Lipinski definition) is 3. The summed E-state index contributed by atoms with van der Waals surface area (Å²) in [7, 11) is 0. The lowest BCUT2D eigenvalue weighted by Crippen LogP contribution is -2.50. The zero-order valence-corrected chi connectivity index (χ0v) is 21.0. The monoisotopic (exact) mass is 519 g/mol. The number of hydrogen-bond acceptors (Lipinski definition) is 7. The largest absolute Gasteiger partial charge is 0.380 e. The van der Waals surface area contributed by atoms with Crippen molar-refractivity contribution < 1.29 is 19.8 Å². The number of nitrogens with zero attached hydrogens (tertiary/aromatic N) is 2. The number of nitrogens with one attached hydrogen (secondary N) is 1. The van der Waals surface area contributed by atoms with Crippen LogP contribution in [-0.2, 0) is 22.6 Å². The highest BCUT2D eigenvalue weighted by Gasteiger charge is 2.39. The van der Waals surface area contributed by atoms with Crippen LogP contribution in [0, 0.1) is 6.92 Å². The molecule has 4 rings (SSSR count). The van der Waals surface area contributed by atoms with Gasteiger partial charge in [-0.2, -0.15) is 0 Å². The van der Waals surface area contributed by atoms with E-state index in [-0.39, 0.29) is 12.6 Å². The molecule has 0 bridgehead atoms. The first-order valence-electron chi connectivity index (χ1n) is 11.0. The molecular weight excluding hydrogens is 494 g/mol. The van der Waals surface area contributed by atoms with E-state index < -0.39 is 24.0 Å². The van der Waals surface area contributed by atoms with Crippen molar-refractivity contribution >= 4 is 46.1 Å². The second-order valence-electron chi connectivity index (χ2n) is 8.28. The van der Waals surface area contributed by atoms with Gasteiger partial charge < -0.3 is 20.4 Å². The summed E-state index contributed by atoms with van der Waals surface area (Å²) < 4.78 is 0. The fraction of sp³-hybridized carbons (Fsp3) is 0.375. The lowest BCUT2D eigenvalue weighted by Gasteiger charge is -2.27. The maximum Gasteiger partial charge on any atom is 0.255 e. The molecule has 1 aliphatic heterocycles. The minimum absolute atomic E-state index is 0.189. The molecular formula is C24H26ClN3O4S2. The van der Waals surface area contributed by atoms with Crippen molar-refractivity contribution in [1.29, 1.82) is 0 Å². The zero-order valence-electron chi connectivity index (χ0n) is 18.6. The number of aliphatic hydroxyl groups excluding tert-OH is 2. The molecule has 2 amide bonds. The third-order valence-electron chi connectivity index (χ3n) is 5.83. The molecule has 10 heteroatoms. The summed E-state index contributed by atoms with van der Waals surface area (Å²) in [4.78, 5) is 32.2. The number of thiophene rings is 1. The summed E-state index contributed by atoms with van der Waals surface area (Å²) >= 11 is 9.21. The molecule has 3 N–H and O–H groups in total. The molecule has 3 aromatic rings. The van der Waals surface area contributed by atoms with Crippen molar-refractivity contribution in [2.45, 2.75) is 51.0 Å². The predicted octanol–water partition coefficient (Wildman–Crippen LogP) is 3.46. The van der Waals surface area contributed by atoms with Gasteiger partial charge in [-0.15, -0.1) is 22.7 Å². The van der Waals surface area contributed by atoms with Gasteiger partial charge >= 0.3 is 0 Å². The Balaban J connectivity index is 1.31. The number of benzene rings is 1.